The monoisotopic (exact) mass is 402 g/mol. The maximum Gasteiger partial charge on any atom is 0.245 e. The zero-order valence-corrected chi connectivity index (χ0v) is 16.9. The summed E-state index contributed by atoms with van der Waals surface area (Å²) < 4.78 is 1.74. The summed E-state index contributed by atoms with van der Waals surface area (Å²) in [6.45, 7) is 5.65. The van der Waals surface area contributed by atoms with Gasteiger partial charge in [0.15, 0.2) is 5.65 Å². The molecule has 0 amide bonds. The van der Waals surface area contributed by atoms with Crippen LogP contribution in [0.4, 0.5) is 5.95 Å². The molecule has 4 aromatic rings. The third kappa shape index (κ3) is 3.43. The molecule has 0 spiro atoms. The molecule has 30 heavy (non-hydrogen) atoms. The second-order valence-corrected chi connectivity index (χ2v) is 7.57. The van der Waals surface area contributed by atoms with Crippen molar-refractivity contribution in [2.45, 2.75) is 6.92 Å². The number of hydrogen-bond donors (Lipinski definition) is 1. The highest BCUT2D eigenvalue weighted by Gasteiger charge is 2.17. The molecule has 5 rings (SSSR count). The third-order valence-electron chi connectivity index (χ3n) is 5.35. The van der Waals surface area contributed by atoms with Crippen LogP contribution >= 0.6 is 0 Å². The lowest BCUT2D eigenvalue weighted by molar-refractivity contribution is 0.311. The molecule has 0 bridgehead atoms. The summed E-state index contributed by atoms with van der Waals surface area (Å²) in [6, 6.07) is 9.21. The average Bonchev–Trinajstić information content (AvgIpc) is 3.13. The smallest absolute Gasteiger partial charge is 0.245 e. The van der Waals surface area contributed by atoms with Crippen LogP contribution in [-0.2, 0) is 0 Å². The Morgan fingerprint density at radius 2 is 1.80 bits per heavy atom. The lowest BCUT2D eigenvalue weighted by Crippen LogP contribution is -2.45. The Morgan fingerprint density at radius 3 is 2.53 bits per heavy atom. The number of fused-ring (bicyclic) bond motifs is 1. The van der Waals surface area contributed by atoms with E-state index < -0.39 is 0 Å². The number of anilines is 1. The van der Waals surface area contributed by atoms with Crippen molar-refractivity contribution in [3.05, 3.63) is 48.4 Å². The number of nitrogens with zero attached hydrogens (tertiary/aromatic N) is 8. The Kier molecular flexibility index (Phi) is 4.51. The molecule has 3 aromatic heterocycles. The number of piperazine rings is 1. The van der Waals surface area contributed by atoms with E-state index in [9.17, 15) is 5.11 Å². The van der Waals surface area contributed by atoms with E-state index in [-0.39, 0.29) is 5.75 Å². The number of phenolic OH excluding ortho intramolecular Hbond substituents is 1. The molecule has 4 heterocycles. The molecular weight excluding hydrogens is 380 g/mol. The molecule has 1 aromatic carbocycles. The molecule has 0 atom stereocenters. The van der Waals surface area contributed by atoms with Gasteiger partial charge in [0.05, 0.1) is 23.8 Å². The maximum atomic E-state index is 10.6. The van der Waals surface area contributed by atoms with Gasteiger partial charge >= 0.3 is 0 Å². The van der Waals surface area contributed by atoms with Crippen LogP contribution in [0.15, 0.2) is 42.7 Å². The van der Waals surface area contributed by atoms with Crippen molar-refractivity contribution in [1.29, 1.82) is 0 Å². The van der Waals surface area contributed by atoms with Gasteiger partial charge in [-0.05, 0) is 38.2 Å². The largest absolute Gasteiger partial charge is 0.507 e. The predicted octanol–water partition coefficient (Wildman–Crippen LogP) is 2.01. The van der Waals surface area contributed by atoms with Crippen molar-refractivity contribution in [2.75, 3.05) is 38.1 Å². The number of aromatic hydroxyl groups is 1. The van der Waals surface area contributed by atoms with Crippen molar-refractivity contribution in [1.82, 2.24) is 34.7 Å². The minimum absolute atomic E-state index is 0.111. The maximum absolute atomic E-state index is 10.6. The molecule has 0 unspecified atom stereocenters. The van der Waals surface area contributed by atoms with Crippen LogP contribution in [-0.4, -0.2) is 73.0 Å². The molecule has 0 saturated carbocycles. The van der Waals surface area contributed by atoms with Gasteiger partial charge in [-0.25, -0.2) is 14.5 Å². The Morgan fingerprint density at radius 1 is 0.967 bits per heavy atom. The second kappa shape index (κ2) is 7.34. The normalized spacial score (nSPS) is 15.1. The van der Waals surface area contributed by atoms with Crippen LogP contribution in [0.2, 0.25) is 0 Å². The van der Waals surface area contributed by atoms with Gasteiger partial charge in [-0.2, -0.15) is 5.10 Å². The highest BCUT2D eigenvalue weighted by atomic mass is 16.3. The van der Waals surface area contributed by atoms with Crippen LogP contribution in [0.5, 0.6) is 5.75 Å². The standard InChI is InChI=1S/C21H22N8O/c1-14-13-29-20(23-14)6-5-17(26-29)15-3-4-16(19(30)11-15)18-12-22-21(25-24-18)28-9-7-27(2)8-10-28/h3-6,11-13,30H,7-10H2,1-2H3. The number of hydrogen-bond acceptors (Lipinski definition) is 8. The zero-order chi connectivity index (χ0) is 20.7. The van der Waals surface area contributed by atoms with Gasteiger partial charge in [-0.15, -0.1) is 10.2 Å². The summed E-state index contributed by atoms with van der Waals surface area (Å²) in [6.07, 6.45) is 3.53. The fourth-order valence-electron chi connectivity index (χ4n) is 3.61. The lowest BCUT2D eigenvalue weighted by atomic mass is 10.1. The Hall–Kier alpha value is -3.59. The van der Waals surface area contributed by atoms with Gasteiger partial charge in [0.25, 0.3) is 0 Å². The van der Waals surface area contributed by atoms with E-state index in [2.05, 4.69) is 42.1 Å². The van der Waals surface area contributed by atoms with Crippen LogP contribution in [0.1, 0.15) is 5.69 Å². The number of likely N-dealkylation sites (N-methyl/N-ethyl adjacent to an activating group) is 1. The SMILES string of the molecule is Cc1cn2nc(-c3ccc(-c4cnc(N5CCN(C)CC5)nn4)c(O)c3)ccc2n1. The van der Waals surface area contributed by atoms with Gasteiger partial charge in [-0.3, -0.25) is 0 Å². The average molecular weight is 402 g/mol. The van der Waals surface area contributed by atoms with E-state index in [1.54, 1.807) is 16.8 Å². The number of benzene rings is 1. The Labute approximate surface area is 173 Å². The first-order valence-electron chi connectivity index (χ1n) is 9.87. The molecule has 1 saturated heterocycles. The molecule has 152 valence electrons. The fourth-order valence-corrected chi connectivity index (χ4v) is 3.61. The van der Waals surface area contributed by atoms with Crippen LogP contribution in [0, 0.1) is 6.92 Å². The molecule has 9 heteroatoms. The lowest BCUT2D eigenvalue weighted by Gasteiger charge is -2.31. The van der Waals surface area contributed by atoms with Crippen molar-refractivity contribution in [3.8, 4) is 28.3 Å². The second-order valence-electron chi connectivity index (χ2n) is 7.57. The molecule has 1 aliphatic heterocycles. The van der Waals surface area contributed by atoms with Crippen molar-refractivity contribution >= 4 is 11.6 Å². The molecule has 1 fully saturated rings. The van der Waals surface area contributed by atoms with E-state index in [0.717, 1.165) is 48.8 Å². The van der Waals surface area contributed by atoms with E-state index in [0.29, 0.717) is 17.2 Å². The summed E-state index contributed by atoms with van der Waals surface area (Å²) in [7, 11) is 2.11. The third-order valence-corrected chi connectivity index (χ3v) is 5.35. The topological polar surface area (TPSA) is 95.6 Å². The number of imidazole rings is 1. The summed E-state index contributed by atoms with van der Waals surface area (Å²) in [5, 5.41) is 23.8. The fraction of sp³-hybridized carbons (Fsp3) is 0.286. The van der Waals surface area contributed by atoms with Crippen LogP contribution in [0.3, 0.4) is 0 Å². The summed E-state index contributed by atoms with van der Waals surface area (Å²) in [5.41, 5.74) is 4.37. The molecule has 0 aliphatic carbocycles. The van der Waals surface area contributed by atoms with Gasteiger partial charge in [-0.1, -0.05) is 6.07 Å². The van der Waals surface area contributed by atoms with Crippen LogP contribution < -0.4 is 4.90 Å². The molecular formula is C21H22N8O. The first kappa shape index (κ1) is 18.4. The summed E-state index contributed by atoms with van der Waals surface area (Å²) in [4.78, 5) is 13.2. The van der Waals surface area contributed by atoms with Crippen molar-refractivity contribution < 1.29 is 5.11 Å². The quantitative estimate of drug-likeness (QED) is 0.556. The molecule has 1 N–H and O–H groups in total. The van der Waals surface area contributed by atoms with E-state index in [4.69, 9.17) is 0 Å². The van der Waals surface area contributed by atoms with E-state index in [1.165, 1.54) is 0 Å². The minimum Gasteiger partial charge on any atom is -0.507 e. The highest BCUT2D eigenvalue weighted by Crippen LogP contribution is 2.31. The highest BCUT2D eigenvalue weighted by molar-refractivity contribution is 5.72. The van der Waals surface area contributed by atoms with Gasteiger partial charge in [0.2, 0.25) is 5.95 Å². The van der Waals surface area contributed by atoms with Gasteiger partial charge in [0.1, 0.15) is 11.4 Å². The number of rotatable bonds is 3. The predicted molar refractivity (Wildman–Crippen MR) is 113 cm³/mol. The zero-order valence-electron chi connectivity index (χ0n) is 16.9. The van der Waals surface area contributed by atoms with Gasteiger partial charge in [0, 0.05) is 37.3 Å². The Bertz CT molecular complexity index is 1200. The van der Waals surface area contributed by atoms with Crippen molar-refractivity contribution in [2.24, 2.45) is 0 Å². The first-order chi connectivity index (χ1) is 14.6. The van der Waals surface area contributed by atoms with Crippen molar-refractivity contribution in [3.63, 3.8) is 0 Å². The first-order valence-corrected chi connectivity index (χ1v) is 9.87. The molecule has 0 radical (unpaired) electrons. The summed E-state index contributed by atoms with van der Waals surface area (Å²) >= 11 is 0. The number of aromatic nitrogens is 6. The number of aryl methyl sites for hydroxylation is 1. The van der Waals surface area contributed by atoms with E-state index in [1.807, 2.05) is 37.4 Å². The minimum atomic E-state index is 0.111. The van der Waals surface area contributed by atoms with Crippen LogP contribution in [0.25, 0.3) is 28.2 Å². The Balaban J connectivity index is 1.40. The van der Waals surface area contributed by atoms with E-state index >= 15 is 0 Å². The number of phenols is 1. The summed E-state index contributed by atoms with van der Waals surface area (Å²) in [5.74, 6) is 0.732. The molecule has 1 aliphatic rings. The molecule has 9 nitrogen and oxygen atoms in total. The van der Waals surface area contributed by atoms with Gasteiger partial charge < -0.3 is 14.9 Å².